The van der Waals surface area contributed by atoms with Crippen molar-refractivity contribution in [2.45, 2.75) is 44.4 Å². The summed E-state index contributed by atoms with van der Waals surface area (Å²) in [5, 5.41) is 4.93. The first-order valence-corrected chi connectivity index (χ1v) is 12.4. The van der Waals surface area contributed by atoms with Crippen molar-refractivity contribution in [3.8, 4) is 0 Å². The Labute approximate surface area is 193 Å². The molecule has 164 valence electrons. The van der Waals surface area contributed by atoms with Crippen molar-refractivity contribution < 1.29 is 4.79 Å². The Morgan fingerprint density at radius 3 is 2.61 bits per heavy atom. The zero-order valence-electron chi connectivity index (χ0n) is 17.4. The van der Waals surface area contributed by atoms with Crippen molar-refractivity contribution in [1.29, 1.82) is 0 Å². The van der Waals surface area contributed by atoms with Gasteiger partial charge in [0.25, 0.3) is 5.56 Å². The van der Waals surface area contributed by atoms with Crippen LogP contribution in [0.25, 0.3) is 10.3 Å². The third-order valence-electron chi connectivity index (χ3n) is 5.05. The van der Waals surface area contributed by atoms with Crippen LogP contribution in [0.15, 0.2) is 34.2 Å². The van der Waals surface area contributed by atoms with Gasteiger partial charge in [0.05, 0.1) is 5.75 Å². The van der Waals surface area contributed by atoms with Crippen LogP contribution in [0.2, 0.25) is 5.02 Å². The number of fused-ring (bicyclic) bond motifs is 1. The highest BCUT2D eigenvalue weighted by Crippen LogP contribution is 2.30. The molecule has 3 heterocycles. The average molecular weight is 478 g/mol. The maximum absolute atomic E-state index is 13.2. The predicted octanol–water partition coefficient (Wildman–Crippen LogP) is 4.10. The van der Waals surface area contributed by atoms with Crippen LogP contribution in [0.4, 0.5) is 5.13 Å². The van der Waals surface area contributed by atoms with Crippen molar-refractivity contribution in [3.63, 3.8) is 0 Å². The summed E-state index contributed by atoms with van der Waals surface area (Å²) >= 11 is 8.57. The Bertz CT molecular complexity index is 1140. The molecule has 0 spiro atoms. The lowest BCUT2D eigenvalue weighted by Gasteiger charge is -2.14. The number of benzene rings is 1. The Kier molecular flexibility index (Phi) is 6.83. The van der Waals surface area contributed by atoms with E-state index in [4.69, 9.17) is 11.6 Å². The van der Waals surface area contributed by atoms with Crippen LogP contribution in [-0.4, -0.2) is 39.3 Å². The highest BCUT2D eigenvalue weighted by atomic mass is 35.5. The molecular formula is C21H24ClN5O2S2. The maximum atomic E-state index is 13.2. The first-order chi connectivity index (χ1) is 14.9. The van der Waals surface area contributed by atoms with Gasteiger partial charge in [-0.05, 0) is 44.4 Å². The maximum Gasteiger partial charge on any atom is 0.274 e. The molecule has 0 bridgehead atoms. The quantitative estimate of drug-likeness (QED) is 0.407. The van der Waals surface area contributed by atoms with E-state index in [2.05, 4.69) is 20.2 Å². The third-order valence-corrected chi connectivity index (χ3v) is 7.35. The van der Waals surface area contributed by atoms with E-state index in [9.17, 15) is 9.59 Å². The van der Waals surface area contributed by atoms with Gasteiger partial charge in [0.1, 0.15) is 4.70 Å². The zero-order valence-corrected chi connectivity index (χ0v) is 19.8. The molecule has 1 fully saturated rings. The summed E-state index contributed by atoms with van der Waals surface area (Å²) in [7, 11) is 0. The normalized spacial score (nSPS) is 14.0. The SMILES string of the molecule is CC(C)n1c(SCC(=O)NCc2ccc(Cl)cc2)nc2nc(N3CCCC3)sc2c1=O. The molecule has 0 atom stereocenters. The molecule has 0 saturated carbocycles. The molecule has 1 N–H and O–H groups in total. The van der Waals surface area contributed by atoms with E-state index in [0.717, 1.165) is 36.6 Å². The number of carbonyl (C=O) groups is 1. The number of hydrogen-bond acceptors (Lipinski definition) is 7. The van der Waals surface area contributed by atoms with Gasteiger partial charge in [0.15, 0.2) is 15.9 Å². The lowest BCUT2D eigenvalue weighted by atomic mass is 10.2. The van der Waals surface area contributed by atoms with E-state index in [1.54, 1.807) is 16.7 Å². The smallest absolute Gasteiger partial charge is 0.274 e. The second-order valence-corrected chi connectivity index (χ2v) is 10.1. The fraction of sp³-hybridized carbons (Fsp3) is 0.429. The largest absolute Gasteiger partial charge is 0.351 e. The second-order valence-electron chi connectivity index (χ2n) is 7.70. The molecule has 0 unspecified atom stereocenters. The van der Waals surface area contributed by atoms with Crippen molar-refractivity contribution in [1.82, 2.24) is 19.9 Å². The van der Waals surface area contributed by atoms with E-state index in [-0.39, 0.29) is 23.3 Å². The lowest BCUT2D eigenvalue weighted by molar-refractivity contribution is -0.118. The first kappa shape index (κ1) is 22.1. The summed E-state index contributed by atoms with van der Waals surface area (Å²) in [4.78, 5) is 37.0. The number of thiazole rings is 1. The number of carbonyl (C=O) groups excluding carboxylic acids is 1. The van der Waals surface area contributed by atoms with Crippen molar-refractivity contribution in [2.24, 2.45) is 0 Å². The van der Waals surface area contributed by atoms with Crippen LogP contribution in [0.5, 0.6) is 0 Å². The highest BCUT2D eigenvalue weighted by molar-refractivity contribution is 7.99. The second kappa shape index (κ2) is 9.58. The summed E-state index contributed by atoms with van der Waals surface area (Å²) in [6, 6.07) is 7.27. The minimum absolute atomic E-state index is 0.0682. The molecule has 1 saturated heterocycles. The molecule has 3 aromatic rings. The molecule has 10 heteroatoms. The zero-order chi connectivity index (χ0) is 22.0. The number of hydrogen-bond donors (Lipinski definition) is 1. The summed E-state index contributed by atoms with van der Waals surface area (Å²) < 4.78 is 2.23. The number of halogens is 1. The van der Waals surface area contributed by atoms with E-state index < -0.39 is 0 Å². The topological polar surface area (TPSA) is 80.1 Å². The molecule has 4 rings (SSSR count). The van der Waals surface area contributed by atoms with Gasteiger partial charge < -0.3 is 10.2 Å². The number of rotatable bonds is 7. The minimum atomic E-state index is -0.124. The monoisotopic (exact) mass is 477 g/mol. The third kappa shape index (κ3) is 5.05. The van der Waals surface area contributed by atoms with Gasteiger partial charge in [0, 0.05) is 30.7 Å². The van der Waals surface area contributed by atoms with Gasteiger partial charge in [-0.3, -0.25) is 14.2 Å². The molecule has 1 aromatic carbocycles. The molecule has 0 aliphatic carbocycles. The van der Waals surface area contributed by atoms with E-state index in [1.807, 2.05) is 26.0 Å². The van der Waals surface area contributed by atoms with Gasteiger partial charge in [-0.1, -0.05) is 46.8 Å². The van der Waals surface area contributed by atoms with Crippen molar-refractivity contribution in [2.75, 3.05) is 23.7 Å². The summed E-state index contributed by atoms with van der Waals surface area (Å²) in [6.45, 7) is 6.25. The lowest BCUT2D eigenvalue weighted by Crippen LogP contribution is -2.27. The number of anilines is 1. The van der Waals surface area contributed by atoms with E-state index >= 15 is 0 Å². The van der Waals surface area contributed by atoms with Gasteiger partial charge in [-0.2, -0.15) is 4.98 Å². The van der Waals surface area contributed by atoms with Crippen LogP contribution in [-0.2, 0) is 11.3 Å². The average Bonchev–Trinajstić information content (AvgIpc) is 3.41. The Morgan fingerprint density at radius 2 is 1.94 bits per heavy atom. The molecule has 1 aliphatic heterocycles. The Balaban J connectivity index is 1.50. The molecule has 0 radical (unpaired) electrons. The van der Waals surface area contributed by atoms with Crippen molar-refractivity contribution in [3.05, 3.63) is 45.2 Å². The van der Waals surface area contributed by atoms with Crippen LogP contribution >= 0.6 is 34.7 Å². The summed E-state index contributed by atoms with van der Waals surface area (Å²) in [5.41, 5.74) is 1.35. The van der Waals surface area contributed by atoms with Gasteiger partial charge in [-0.15, -0.1) is 0 Å². The van der Waals surface area contributed by atoms with Gasteiger partial charge in [-0.25, -0.2) is 4.98 Å². The number of nitrogens with one attached hydrogen (secondary N) is 1. The van der Waals surface area contributed by atoms with Gasteiger partial charge >= 0.3 is 0 Å². The number of amides is 1. The van der Waals surface area contributed by atoms with Crippen molar-refractivity contribution >= 4 is 56.1 Å². The summed E-state index contributed by atoms with van der Waals surface area (Å²) in [6.07, 6.45) is 2.29. The first-order valence-electron chi connectivity index (χ1n) is 10.2. The van der Waals surface area contributed by atoms with Crippen LogP contribution in [0.3, 0.4) is 0 Å². The standard InChI is InChI=1S/C21H24ClN5O2S2/c1-13(2)27-19(29)17-18(24-20(31-17)26-9-3-4-10-26)25-21(27)30-12-16(28)23-11-14-5-7-15(22)8-6-14/h5-8,13H,3-4,9-12H2,1-2H3,(H,23,28). The highest BCUT2D eigenvalue weighted by Gasteiger charge is 2.22. The van der Waals surface area contributed by atoms with Gasteiger partial charge in [0.2, 0.25) is 5.91 Å². The van der Waals surface area contributed by atoms with Crippen LogP contribution in [0, 0.1) is 0 Å². The number of nitrogens with zero attached hydrogens (tertiary/aromatic N) is 4. The number of aromatic nitrogens is 3. The molecule has 7 nitrogen and oxygen atoms in total. The summed E-state index contributed by atoms with van der Waals surface area (Å²) in [5.74, 6) is 0.0436. The minimum Gasteiger partial charge on any atom is -0.351 e. The van der Waals surface area contributed by atoms with E-state index in [1.165, 1.54) is 23.1 Å². The fourth-order valence-corrected chi connectivity index (χ4v) is 5.51. The number of thioether (sulfide) groups is 1. The molecule has 1 amide bonds. The predicted molar refractivity (Wildman–Crippen MR) is 128 cm³/mol. The Morgan fingerprint density at radius 1 is 1.23 bits per heavy atom. The van der Waals surface area contributed by atoms with E-state index in [0.29, 0.717) is 27.1 Å². The molecule has 31 heavy (non-hydrogen) atoms. The fourth-order valence-electron chi connectivity index (χ4n) is 3.44. The molecule has 1 aliphatic rings. The Hall–Kier alpha value is -2.10. The molecule has 2 aromatic heterocycles. The molecular weight excluding hydrogens is 454 g/mol. The van der Waals surface area contributed by atoms with Crippen LogP contribution in [0.1, 0.15) is 38.3 Å². The van der Waals surface area contributed by atoms with Crippen LogP contribution < -0.4 is 15.8 Å².